The number of anilines is 2. The van der Waals surface area contributed by atoms with Gasteiger partial charge in [-0.15, -0.1) is 0 Å². The van der Waals surface area contributed by atoms with Crippen molar-refractivity contribution in [3.63, 3.8) is 0 Å². The Balaban J connectivity index is 2.17. The van der Waals surface area contributed by atoms with Crippen LogP contribution in [0.2, 0.25) is 0 Å². The minimum atomic E-state index is -0.284. The molecule has 0 saturated heterocycles. The number of benzene rings is 2. The SMILES string of the molecule is CCOc1cc(N)cc(C(=O)Nc2ccc(C#N)cc2)c1. The van der Waals surface area contributed by atoms with Gasteiger partial charge in [-0.3, -0.25) is 4.79 Å². The fourth-order valence-electron chi connectivity index (χ4n) is 1.83. The van der Waals surface area contributed by atoms with Crippen molar-refractivity contribution in [1.82, 2.24) is 0 Å². The molecule has 0 radical (unpaired) electrons. The molecule has 21 heavy (non-hydrogen) atoms. The summed E-state index contributed by atoms with van der Waals surface area (Å²) in [6.45, 7) is 2.36. The van der Waals surface area contributed by atoms with E-state index in [1.807, 2.05) is 13.0 Å². The molecule has 5 nitrogen and oxygen atoms in total. The lowest BCUT2D eigenvalue weighted by Gasteiger charge is -2.09. The first-order valence-corrected chi connectivity index (χ1v) is 6.47. The van der Waals surface area contributed by atoms with Crippen LogP contribution >= 0.6 is 0 Å². The van der Waals surface area contributed by atoms with E-state index in [0.29, 0.717) is 34.9 Å². The van der Waals surface area contributed by atoms with Gasteiger partial charge in [-0.25, -0.2) is 0 Å². The van der Waals surface area contributed by atoms with Gasteiger partial charge in [0.15, 0.2) is 0 Å². The first kappa shape index (κ1) is 14.4. The van der Waals surface area contributed by atoms with Gasteiger partial charge in [0.1, 0.15) is 5.75 Å². The molecule has 2 aromatic rings. The summed E-state index contributed by atoms with van der Waals surface area (Å²) in [5.41, 5.74) is 7.79. The second-order valence-corrected chi connectivity index (χ2v) is 4.37. The summed E-state index contributed by atoms with van der Waals surface area (Å²) >= 11 is 0. The highest BCUT2D eigenvalue weighted by Gasteiger charge is 2.09. The molecule has 0 aromatic heterocycles. The number of nitrogens with one attached hydrogen (secondary N) is 1. The van der Waals surface area contributed by atoms with Crippen molar-refractivity contribution in [1.29, 1.82) is 5.26 Å². The molecule has 106 valence electrons. The summed E-state index contributed by atoms with van der Waals surface area (Å²) in [6.07, 6.45) is 0. The van der Waals surface area contributed by atoms with Gasteiger partial charge in [0.05, 0.1) is 18.2 Å². The number of hydrogen-bond acceptors (Lipinski definition) is 4. The Bertz CT molecular complexity index is 688. The molecule has 0 heterocycles. The van der Waals surface area contributed by atoms with Crippen LogP contribution in [-0.4, -0.2) is 12.5 Å². The van der Waals surface area contributed by atoms with E-state index >= 15 is 0 Å². The topological polar surface area (TPSA) is 88.1 Å². The predicted molar refractivity (Wildman–Crippen MR) is 81.1 cm³/mol. The summed E-state index contributed by atoms with van der Waals surface area (Å²) in [7, 11) is 0. The second-order valence-electron chi connectivity index (χ2n) is 4.37. The van der Waals surface area contributed by atoms with E-state index in [1.165, 1.54) is 0 Å². The lowest BCUT2D eigenvalue weighted by Crippen LogP contribution is -2.12. The lowest BCUT2D eigenvalue weighted by molar-refractivity contribution is 0.102. The summed E-state index contributed by atoms with van der Waals surface area (Å²) in [5, 5.41) is 11.5. The Morgan fingerprint density at radius 1 is 1.29 bits per heavy atom. The molecule has 0 atom stereocenters. The highest BCUT2D eigenvalue weighted by atomic mass is 16.5. The highest BCUT2D eigenvalue weighted by Crippen LogP contribution is 2.20. The molecule has 0 saturated carbocycles. The van der Waals surface area contributed by atoms with Gasteiger partial charge >= 0.3 is 0 Å². The predicted octanol–water partition coefficient (Wildman–Crippen LogP) is 2.79. The van der Waals surface area contributed by atoms with Gasteiger partial charge < -0.3 is 15.8 Å². The third kappa shape index (κ3) is 3.74. The first-order chi connectivity index (χ1) is 10.1. The summed E-state index contributed by atoms with van der Waals surface area (Å²) in [6, 6.07) is 13.5. The number of nitriles is 1. The molecular formula is C16H15N3O2. The molecule has 0 aliphatic carbocycles. The number of hydrogen-bond donors (Lipinski definition) is 2. The zero-order valence-electron chi connectivity index (χ0n) is 11.6. The molecule has 0 unspecified atom stereocenters. The van der Waals surface area contributed by atoms with Crippen molar-refractivity contribution in [2.24, 2.45) is 0 Å². The van der Waals surface area contributed by atoms with Crippen LogP contribution in [0.5, 0.6) is 5.75 Å². The highest BCUT2D eigenvalue weighted by molar-refractivity contribution is 6.05. The van der Waals surface area contributed by atoms with E-state index in [9.17, 15) is 4.79 Å². The van der Waals surface area contributed by atoms with Gasteiger partial charge in [-0.2, -0.15) is 5.26 Å². The minimum Gasteiger partial charge on any atom is -0.494 e. The summed E-state index contributed by atoms with van der Waals surface area (Å²) in [5.74, 6) is 0.274. The second kappa shape index (κ2) is 6.44. The van der Waals surface area contributed by atoms with Crippen molar-refractivity contribution >= 4 is 17.3 Å². The van der Waals surface area contributed by atoms with E-state index < -0.39 is 0 Å². The molecule has 0 spiro atoms. The molecule has 5 heteroatoms. The number of nitrogens with two attached hydrogens (primary N) is 1. The average molecular weight is 281 g/mol. The number of amides is 1. The number of carbonyl (C=O) groups excluding carboxylic acids is 1. The van der Waals surface area contributed by atoms with E-state index in [4.69, 9.17) is 15.7 Å². The first-order valence-electron chi connectivity index (χ1n) is 6.47. The summed E-state index contributed by atoms with van der Waals surface area (Å²) in [4.78, 5) is 12.2. The molecule has 0 aliphatic rings. The van der Waals surface area contributed by atoms with Crippen LogP contribution in [0.25, 0.3) is 0 Å². The van der Waals surface area contributed by atoms with Crippen LogP contribution in [0.15, 0.2) is 42.5 Å². The Labute approximate surface area is 123 Å². The molecule has 3 N–H and O–H groups in total. The van der Waals surface area contributed by atoms with Gasteiger partial charge in [0.25, 0.3) is 5.91 Å². The third-order valence-electron chi connectivity index (χ3n) is 2.77. The zero-order valence-corrected chi connectivity index (χ0v) is 11.6. The number of ether oxygens (including phenoxy) is 1. The van der Waals surface area contributed by atoms with Crippen molar-refractivity contribution < 1.29 is 9.53 Å². The van der Waals surface area contributed by atoms with Gasteiger partial charge in [0, 0.05) is 23.0 Å². The maximum absolute atomic E-state index is 12.2. The van der Waals surface area contributed by atoms with Crippen molar-refractivity contribution in [2.75, 3.05) is 17.7 Å². The smallest absolute Gasteiger partial charge is 0.255 e. The maximum atomic E-state index is 12.2. The van der Waals surface area contributed by atoms with E-state index in [1.54, 1.807) is 42.5 Å². The molecule has 0 fully saturated rings. The molecule has 0 bridgehead atoms. The number of nitrogen functional groups attached to an aromatic ring is 1. The molecule has 2 aromatic carbocycles. The average Bonchev–Trinajstić information content (AvgIpc) is 2.48. The maximum Gasteiger partial charge on any atom is 0.255 e. The number of rotatable bonds is 4. The Morgan fingerprint density at radius 3 is 2.62 bits per heavy atom. The van der Waals surface area contributed by atoms with Crippen molar-refractivity contribution in [2.45, 2.75) is 6.92 Å². The lowest BCUT2D eigenvalue weighted by atomic mass is 10.1. The fraction of sp³-hybridized carbons (Fsp3) is 0.125. The van der Waals surface area contributed by atoms with Crippen LogP contribution in [0.4, 0.5) is 11.4 Å². The molecule has 0 aliphatic heterocycles. The standard InChI is InChI=1S/C16H15N3O2/c1-2-21-15-8-12(7-13(18)9-15)16(20)19-14-5-3-11(10-17)4-6-14/h3-9H,2,18H2,1H3,(H,19,20). The van der Waals surface area contributed by atoms with Crippen molar-refractivity contribution in [3.8, 4) is 11.8 Å². The number of carbonyl (C=O) groups is 1. The molecule has 2 rings (SSSR count). The van der Waals surface area contributed by atoms with E-state index in [2.05, 4.69) is 5.32 Å². The normalized spacial score (nSPS) is 9.71. The Morgan fingerprint density at radius 2 is 2.00 bits per heavy atom. The quantitative estimate of drug-likeness (QED) is 0.843. The Kier molecular flexibility index (Phi) is 4.42. The molecule has 1 amide bonds. The van der Waals surface area contributed by atoms with Gasteiger partial charge in [-0.05, 0) is 43.3 Å². The monoisotopic (exact) mass is 281 g/mol. The van der Waals surface area contributed by atoms with Crippen LogP contribution in [-0.2, 0) is 0 Å². The van der Waals surface area contributed by atoms with Gasteiger partial charge in [-0.1, -0.05) is 0 Å². The van der Waals surface area contributed by atoms with Crippen LogP contribution < -0.4 is 15.8 Å². The number of nitrogens with zero attached hydrogens (tertiary/aromatic N) is 1. The van der Waals surface area contributed by atoms with Crippen LogP contribution in [0.3, 0.4) is 0 Å². The fourth-order valence-corrected chi connectivity index (χ4v) is 1.83. The van der Waals surface area contributed by atoms with Crippen molar-refractivity contribution in [3.05, 3.63) is 53.6 Å². The third-order valence-corrected chi connectivity index (χ3v) is 2.77. The zero-order chi connectivity index (χ0) is 15.2. The van der Waals surface area contributed by atoms with E-state index in [-0.39, 0.29) is 5.91 Å². The summed E-state index contributed by atoms with van der Waals surface area (Å²) < 4.78 is 5.36. The Hall–Kier alpha value is -3.00. The molecular weight excluding hydrogens is 266 g/mol. The minimum absolute atomic E-state index is 0.284. The largest absolute Gasteiger partial charge is 0.494 e. The van der Waals surface area contributed by atoms with Gasteiger partial charge in [0.2, 0.25) is 0 Å². The van der Waals surface area contributed by atoms with E-state index in [0.717, 1.165) is 0 Å². The van der Waals surface area contributed by atoms with Crippen LogP contribution in [0.1, 0.15) is 22.8 Å². The van der Waals surface area contributed by atoms with Crippen LogP contribution in [0, 0.1) is 11.3 Å².